The highest BCUT2D eigenvalue weighted by Gasteiger charge is 2.09. The minimum atomic E-state index is 1.00. The number of hydrogen-bond donors (Lipinski definition) is 0. The third kappa shape index (κ3) is 5.20. The molecule has 0 spiro atoms. The monoisotopic (exact) mass is 406 g/mol. The number of benzene rings is 2. The molecule has 2 aromatic carbocycles. The second-order valence-corrected chi connectivity index (χ2v) is 11.3. The fourth-order valence-electron chi connectivity index (χ4n) is 2.10. The van der Waals surface area contributed by atoms with E-state index in [0.717, 1.165) is 14.6 Å². The molecule has 3 rings (SSSR count). The molecule has 0 aliphatic heterocycles. The molecule has 0 aliphatic rings. The van der Waals surface area contributed by atoms with Gasteiger partial charge in [-0.05, 0) is 25.0 Å². The summed E-state index contributed by atoms with van der Waals surface area (Å²) < 4.78 is 3.75. The Morgan fingerprint density at radius 1 is 0.708 bits per heavy atom. The van der Waals surface area contributed by atoms with Crippen molar-refractivity contribution >= 4 is 58.4 Å². The van der Waals surface area contributed by atoms with E-state index < -0.39 is 0 Å². The molecule has 0 unspecified atom stereocenters. The van der Waals surface area contributed by atoms with Gasteiger partial charge in [-0.3, -0.25) is 0 Å². The molecule has 1 heterocycles. The fourth-order valence-corrected chi connectivity index (χ4v) is 8.12. The zero-order valence-electron chi connectivity index (χ0n) is 13.6. The summed E-state index contributed by atoms with van der Waals surface area (Å²) in [5.74, 6) is 2.00. The van der Waals surface area contributed by atoms with Crippen LogP contribution in [0.1, 0.15) is 22.3 Å². The Morgan fingerprint density at radius 2 is 1.08 bits per heavy atom. The number of rotatable bonds is 6. The molecule has 0 atom stereocenters. The van der Waals surface area contributed by atoms with E-state index in [9.17, 15) is 0 Å². The molecule has 0 amide bonds. The van der Waals surface area contributed by atoms with Gasteiger partial charge in [0.15, 0.2) is 0 Å². The maximum absolute atomic E-state index is 5.43. The third-order valence-corrected chi connectivity index (χ3v) is 9.22. The molecule has 0 aliphatic carbocycles. The molecule has 0 radical (unpaired) electrons. The van der Waals surface area contributed by atoms with Gasteiger partial charge in [0.25, 0.3) is 0 Å². The summed E-state index contributed by atoms with van der Waals surface area (Å²) in [4.78, 5) is 0. The maximum atomic E-state index is 5.43. The molecule has 0 saturated heterocycles. The maximum Gasteiger partial charge on any atom is 0.145 e. The van der Waals surface area contributed by atoms with E-state index in [4.69, 9.17) is 12.2 Å². The summed E-state index contributed by atoms with van der Waals surface area (Å²) in [6.45, 7) is 4.25. The highest BCUT2D eigenvalue weighted by molar-refractivity contribution is 8.04. The first kappa shape index (κ1) is 18.2. The lowest BCUT2D eigenvalue weighted by Gasteiger charge is -2.04. The van der Waals surface area contributed by atoms with Gasteiger partial charge in [-0.15, -0.1) is 46.2 Å². The van der Waals surface area contributed by atoms with Gasteiger partial charge >= 0.3 is 0 Å². The van der Waals surface area contributed by atoms with E-state index >= 15 is 0 Å². The minimum absolute atomic E-state index is 1.00. The van der Waals surface area contributed by atoms with Crippen LogP contribution in [0.3, 0.4) is 0 Å². The van der Waals surface area contributed by atoms with Gasteiger partial charge in [0.05, 0.1) is 8.42 Å². The highest BCUT2D eigenvalue weighted by Crippen LogP contribution is 2.42. The Kier molecular flexibility index (Phi) is 6.58. The first-order chi connectivity index (χ1) is 11.6. The number of hydrogen-bond acceptors (Lipinski definition) is 5. The lowest BCUT2D eigenvalue weighted by atomic mass is 10.2. The van der Waals surface area contributed by atoms with E-state index in [0.29, 0.717) is 0 Å². The number of thioether (sulfide) groups is 2. The van der Waals surface area contributed by atoms with Crippen molar-refractivity contribution in [2.45, 2.75) is 33.8 Å². The second kappa shape index (κ2) is 8.68. The van der Waals surface area contributed by atoms with Crippen molar-refractivity contribution in [2.24, 2.45) is 0 Å². The number of aryl methyl sites for hydroxylation is 2. The van der Waals surface area contributed by atoms with Crippen LogP contribution in [0.5, 0.6) is 0 Å². The van der Waals surface area contributed by atoms with Crippen molar-refractivity contribution < 1.29 is 0 Å². The Hall–Kier alpha value is -0.590. The predicted molar refractivity (Wildman–Crippen MR) is 115 cm³/mol. The average molecular weight is 407 g/mol. The molecule has 124 valence electrons. The Balaban J connectivity index is 1.65. The van der Waals surface area contributed by atoms with Crippen LogP contribution >= 0.6 is 58.4 Å². The zero-order chi connectivity index (χ0) is 16.9. The summed E-state index contributed by atoms with van der Waals surface area (Å²) in [5, 5.41) is 0. The minimum Gasteiger partial charge on any atom is -0.109 e. The van der Waals surface area contributed by atoms with Crippen LogP contribution in [0, 0.1) is 17.0 Å². The quantitative estimate of drug-likeness (QED) is 0.303. The van der Waals surface area contributed by atoms with Gasteiger partial charge in [0, 0.05) is 11.5 Å². The molecular weight excluding hydrogens is 389 g/mol. The molecule has 0 fully saturated rings. The van der Waals surface area contributed by atoms with Gasteiger partial charge < -0.3 is 0 Å². The Morgan fingerprint density at radius 3 is 1.46 bits per heavy atom. The summed E-state index contributed by atoms with van der Waals surface area (Å²) in [5.41, 5.74) is 5.35. The summed E-state index contributed by atoms with van der Waals surface area (Å²) in [7, 11) is 0. The normalized spacial score (nSPS) is 10.9. The van der Waals surface area contributed by atoms with Crippen LogP contribution in [-0.2, 0) is 11.5 Å². The summed E-state index contributed by atoms with van der Waals surface area (Å²) >= 11 is 12.7. The van der Waals surface area contributed by atoms with Crippen molar-refractivity contribution in [1.82, 2.24) is 0 Å². The molecule has 0 bridgehead atoms. The standard InChI is InChI=1S/C19H18S5/c1-13-3-7-15(8-4-13)11-21-17-18(24-19(20)23-17)22-12-16-9-5-14(2)6-10-16/h3-10H,11-12H2,1-2H3. The average Bonchev–Trinajstić information content (AvgIpc) is 2.94. The van der Waals surface area contributed by atoms with Crippen LogP contribution < -0.4 is 0 Å². The van der Waals surface area contributed by atoms with E-state index in [1.54, 1.807) is 22.7 Å². The lowest BCUT2D eigenvalue weighted by molar-refractivity contribution is 1.34. The van der Waals surface area contributed by atoms with E-state index in [1.807, 2.05) is 23.5 Å². The van der Waals surface area contributed by atoms with Gasteiger partial charge in [-0.25, -0.2) is 0 Å². The van der Waals surface area contributed by atoms with E-state index in [-0.39, 0.29) is 0 Å². The van der Waals surface area contributed by atoms with Gasteiger partial charge in [-0.2, -0.15) is 0 Å². The van der Waals surface area contributed by atoms with Crippen molar-refractivity contribution in [3.63, 3.8) is 0 Å². The first-order valence-electron chi connectivity index (χ1n) is 7.61. The van der Waals surface area contributed by atoms with Crippen LogP contribution in [0.2, 0.25) is 0 Å². The van der Waals surface area contributed by atoms with Crippen molar-refractivity contribution in [3.8, 4) is 0 Å². The first-order valence-corrected chi connectivity index (χ1v) is 11.6. The Bertz CT molecular complexity index is 771. The topological polar surface area (TPSA) is 0 Å². The van der Waals surface area contributed by atoms with E-state index in [1.165, 1.54) is 30.7 Å². The summed E-state index contributed by atoms with van der Waals surface area (Å²) in [6.07, 6.45) is 0. The third-order valence-electron chi connectivity index (χ3n) is 3.50. The van der Waals surface area contributed by atoms with Crippen LogP contribution in [0.4, 0.5) is 0 Å². The molecule has 5 heteroatoms. The van der Waals surface area contributed by atoms with Gasteiger partial charge in [0.2, 0.25) is 0 Å². The van der Waals surface area contributed by atoms with E-state index in [2.05, 4.69) is 62.4 Å². The predicted octanol–water partition coefficient (Wildman–Crippen LogP) is 7.74. The van der Waals surface area contributed by atoms with Crippen molar-refractivity contribution in [1.29, 1.82) is 0 Å². The van der Waals surface area contributed by atoms with Crippen LogP contribution in [0.25, 0.3) is 0 Å². The lowest BCUT2D eigenvalue weighted by Crippen LogP contribution is -1.82. The zero-order valence-corrected chi connectivity index (χ0v) is 17.7. The molecule has 1 aromatic heterocycles. The molecule has 24 heavy (non-hydrogen) atoms. The molecule has 0 N–H and O–H groups in total. The largest absolute Gasteiger partial charge is 0.145 e. The SMILES string of the molecule is Cc1ccc(CSc2sc(=S)sc2SCc2ccc(C)cc2)cc1. The van der Waals surface area contributed by atoms with Crippen molar-refractivity contribution in [3.05, 3.63) is 73.9 Å². The second-order valence-electron chi connectivity index (χ2n) is 5.58. The van der Waals surface area contributed by atoms with Crippen molar-refractivity contribution in [2.75, 3.05) is 0 Å². The van der Waals surface area contributed by atoms with Gasteiger partial charge in [0.1, 0.15) is 3.14 Å². The van der Waals surface area contributed by atoms with Crippen LogP contribution in [0.15, 0.2) is 56.9 Å². The molecule has 0 nitrogen and oxygen atoms in total. The highest BCUT2D eigenvalue weighted by atomic mass is 32.2. The molecular formula is C19H18S5. The molecule has 0 saturated carbocycles. The Labute approximate surface area is 165 Å². The summed E-state index contributed by atoms with van der Waals surface area (Å²) in [6, 6.07) is 17.6. The smallest absolute Gasteiger partial charge is 0.109 e. The fraction of sp³-hybridized carbons (Fsp3) is 0.211. The molecule has 3 aromatic rings. The van der Waals surface area contributed by atoms with Gasteiger partial charge in [-0.1, -0.05) is 71.9 Å². The van der Waals surface area contributed by atoms with Crippen LogP contribution in [-0.4, -0.2) is 0 Å².